The average molecular weight is 445 g/mol. The van der Waals surface area contributed by atoms with Crippen LogP contribution in [0.2, 0.25) is 0 Å². The first kappa shape index (κ1) is 21.0. The van der Waals surface area contributed by atoms with Crippen LogP contribution in [0.4, 0.5) is 5.82 Å². The summed E-state index contributed by atoms with van der Waals surface area (Å²) in [5.74, 6) is 3.48. The predicted molar refractivity (Wildman–Crippen MR) is 128 cm³/mol. The Morgan fingerprint density at radius 3 is 2.62 bits per heavy atom. The number of benzene rings is 1. The Bertz CT molecular complexity index is 1120. The molecule has 164 valence electrons. The summed E-state index contributed by atoms with van der Waals surface area (Å²) in [4.78, 5) is 10.4. The largest absolute Gasteiger partial charge is 0.495 e. The third-order valence-corrected chi connectivity index (χ3v) is 7.94. The average Bonchev–Trinajstić information content (AvgIpc) is 3.59. The number of nitriles is 1. The number of thiazole rings is 1. The van der Waals surface area contributed by atoms with Gasteiger partial charge in [0.15, 0.2) is 0 Å². The van der Waals surface area contributed by atoms with Crippen molar-refractivity contribution in [2.24, 2.45) is 5.92 Å². The van der Waals surface area contributed by atoms with Crippen molar-refractivity contribution in [3.63, 3.8) is 0 Å². The Morgan fingerprint density at radius 2 is 1.88 bits per heavy atom. The minimum atomic E-state index is 0.526. The van der Waals surface area contributed by atoms with E-state index in [2.05, 4.69) is 39.6 Å². The molecule has 0 spiro atoms. The molecule has 0 bridgehead atoms. The van der Waals surface area contributed by atoms with Crippen molar-refractivity contribution >= 4 is 17.2 Å². The highest BCUT2D eigenvalue weighted by Crippen LogP contribution is 2.43. The number of aromatic nitrogens is 2. The number of nitrogens with zero attached hydrogens (tertiary/aromatic N) is 3. The van der Waals surface area contributed by atoms with Gasteiger partial charge in [-0.1, -0.05) is 6.07 Å². The highest BCUT2D eigenvalue weighted by atomic mass is 32.1. The second kappa shape index (κ2) is 9.30. The summed E-state index contributed by atoms with van der Waals surface area (Å²) in [6.45, 7) is 0.950. The minimum Gasteiger partial charge on any atom is -0.495 e. The van der Waals surface area contributed by atoms with E-state index in [1.807, 2.05) is 35.9 Å². The van der Waals surface area contributed by atoms with Gasteiger partial charge in [0.2, 0.25) is 0 Å². The number of methoxy groups -OCH3 is 1. The molecule has 2 saturated carbocycles. The molecule has 2 aliphatic carbocycles. The van der Waals surface area contributed by atoms with Gasteiger partial charge in [0.25, 0.3) is 0 Å². The molecule has 2 aliphatic rings. The number of hydrogen-bond donors (Lipinski definition) is 1. The molecule has 2 aromatic heterocycles. The lowest BCUT2D eigenvalue weighted by Crippen LogP contribution is -2.21. The summed E-state index contributed by atoms with van der Waals surface area (Å²) in [6, 6.07) is 12.5. The van der Waals surface area contributed by atoms with Crippen molar-refractivity contribution in [3.8, 4) is 22.3 Å². The van der Waals surface area contributed by atoms with E-state index < -0.39 is 0 Å². The van der Waals surface area contributed by atoms with Gasteiger partial charge in [0.05, 0.1) is 22.6 Å². The van der Waals surface area contributed by atoms with E-state index in [1.54, 1.807) is 7.11 Å². The minimum absolute atomic E-state index is 0.526. The van der Waals surface area contributed by atoms with Gasteiger partial charge in [-0.25, -0.2) is 9.97 Å². The number of anilines is 1. The molecule has 0 unspecified atom stereocenters. The maximum absolute atomic E-state index is 9.37. The van der Waals surface area contributed by atoms with Gasteiger partial charge in [0, 0.05) is 24.9 Å². The van der Waals surface area contributed by atoms with Crippen LogP contribution in [-0.4, -0.2) is 23.6 Å². The summed E-state index contributed by atoms with van der Waals surface area (Å²) in [5.41, 5.74) is 3.09. The van der Waals surface area contributed by atoms with Gasteiger partial charge < -0.3 is 10.1 Å². The molecule has 1 N–H and O–H groups in total. The maximum Gasteiger partial charge on any atom is 0.136 e. The Kier molecular flexibility index (Phi) is 6.09. The fourth-order valence-corrected chi connectivity index (χ4v) is 5.72. The number of pyridine rings is 1. The lowest BCUT2D eigenvalue weighted by Gasteiger charge is -2.29. The van der Waals surface area contributed by atoms with Crippen LogP contribution in [0.25, 0.3) is 10.4 Å². The summed E-state index contributed by atoms with van der Waals surface area (Å²) in [5, 5.41) is 14.2. The van der Waals surface area contributed by atoms with Gasteiger partial charge in [-0.05, 0) is 85.8 Å². The van der Waals surface area contributed by atoms with Crippen LogP contribution in [0.3, 0.4) is 0 Å². The van der Waals surface area contributed by atoms with Gasteiger partial charge in [-0.3, -0.25) is 0 Å². The molecule has 5 nitrogen and oxygen atoms in total. The quantitative estimate of drug-likeness (QED) is 0.460. The number of nitrogens with one attached hydrogen (secondary N) is 1. The first-order chi connectivity index (χ1) is 15.7. The smallest absolute Gasteiger partial charge is 0.136 e. The van der Waals surface area contributed by atoms with Crippen molar-refractivity contribution in [1.29, 1.82) is 5.26 Å². The molecule has 0 saturated heterocycles. The molecular formula is C26H28N4OS. The van der Waals surface area contributed by atoms with E-state index in [4.69, 9.17) is 4.74 Å². The summed E-state index contributed by atoms with van der Waals surface area (Å²) in [7, 11) is 1.61. The normalized spacial score (nSPS) is 20.5. The van der Waals surface area contributed by atoms with Crippen molar-refractivity contribution in [2.45, 2.75) is 50.4 Å². The SMILES string of the molecule is COc1ccc(C2CCC(CNc3cc(-c4cnc(C5CC5)s4)ccn3)CC2)cc1C#N. The topological polar surface area (TPSA) is 70.8 Å². The highest BCUT2D eigenvalue weighted by Gasteiger charge is 2.27. The lowest BCUT2D eigenvalue weighted by molar-refractivity contribution is 0.338. The molecule has 0 aliphatic heterocycles. The number of ether oxygens (including phenoxy) is 1. The molecule has 3 aromatic rings. The number of rotatable bonds is 7. The monoisotopic (exact) mass is 444 g/mol. The zero-order chi connectivity index (χ0) is 21.9. The Morgan fingerprint density at radius 1 is 1.06 bits per heavy atom. The first-order valence-corrected chi connectivity index (χ1v) is 12.3. The first-order valence-electron chi connectivity index (χ1n) is 11.5. The van der Waals surface area contributed by atoms with Crippen molar-refractivity contribution < 1.29 is 4.74 Å². The van der Waals surface area contributed by atoms with Crippen molar-refractivity contribution in [2.75, 3.05) is 19.0 Å². The van der Waals surface area contributed by atoms with Gasteiger partial charge in [-0.2, -0.15) is 5.26 Å². The van der Waals surface area contributed by atoms with E-state index in [1.165, 1.54) is 46.7 Å². The molecule has 5 rings (SSSR count). The van der Waals surface area contributed by atoms with Crippen LogP contribution in [0.1, 0.15) is 66.5 Å². The number of hydrogen-bond acceptors (Lipinski definition) is 6. The molecule has 0 atom stereocenters. The summed E-state index contributed by atoms with van der Waals surface area (Å²) < 4.78 is 5.28. The van der Waals surface area contributed by atoms with E-state index in [0.717, 1.165) is 25.2 Å². The van der Waals surface area contributed by atoms with Gasteiger partial charge in [0.1, 0.15) is 17.6 Å². The Hall–Kier alpha value is -2.91. The molecule has 0 radical (unpaired) electrons. The van der Waals surface area contributed by atoms with Crippen LogP contribution >= 0.6 is 11.3 Å². The Balaban J connectivity index is 1.15. The van der Waals surface area contributed by atoms with Crippen LogP contribution in [0, 0.1) is 17.2 Å². The fourth-order valence-electron chi connectivity index (χ4n) is 4.64. The highest BCUT2D eigenvalue weighted by molar-refractivity contribution is 7.15. The van der Waals surface area contributed by atoms with E-state index in [-0.39, 0.29) is 0 Å². The van der Waals surface area contributed by atoms with Crippen molar-refractivity contribution in [1.82, 2.24) is 9.97 Å². The second-order valence-electron chi connectivity index (χ2n) is 8.94. The zero-order valence-corrected chi connectivity index (χ0v) is 19.2. The van der Waals surface area contributed by atoms with Gasteiger partial charge >= 0.3 is 0 Å². The lowest BCUT2D eigenvalue weighted by atomic mass is 9.78. The van der Waals surface area contributed by atoms with Crippen LogP contribution in [0.15, 0.2) is 42.7 Å². The van der Waals surface area contributed by atoms with Crippen LogP contribution < -0.4 is 10.1 Å². The van der Waals surface area contributed by atoms with E-state index >= 15 is 0 Å². The summed E-state index contributed by atoms with van der Waals surface area (Å²) >= 11 is 1.82. The second-order valence-corrected chi connectivity index (χ2v) is 10.00. The molecule has 2 fully saturated rings. The van der Waals surface area contributed by atoms with Crippen molar-refractivity contribution in [3.05, 3.63) is 58.9 Å². The molecule has 6 heteroatoms. The van der Waals surface area contributed by atoms with Crippen LogP contribution in [-0.2, 0) is 0 Å². The molecule has 32 heavy (non-hydrogen) atoms. The zero-order valence-electron chi connectivity index (χ0n) is 18.4. The maximum atomic E-state index is 9.37. The molecule has 1 aromatic carbocycles. The predicted octanol–water partition coefficient (Wildman–Crippen LogP) is 6.35. The van der Waals surface area contributed by atoms with E-state index in [0.29, 0.717) is 29.1 Å². The fraction of sp³-hybridized carbons (Fsp3) is 0.423. The summed E-state index contributed by atoms with van der Waals surface area (Å²) in [6.07, 6.45) is 11.2. The molecular weight excluding hydrogens is 416 g/mol. The van der Waals surface area contributed by atoms with Gasteiger partial charge in [-0.15, -0.1) is 11.3 Å². The molecule has 0 amide bonds. The van der Waals surface area contributed by atoms with E-state index in [9.17, 15) is 5.26 Å². The third-order valence-electron chi connectivity index (χ3n) is 6.73. The third kappa shape index (κ3) is 4.63. The standard InChI is InChI=1S/C26H28N4OS/c1-31-23-9-8-20(12-22(23)14-27)18-4-2-17(3-5-18)15-29-25-13-21(10-11-28-25)24-16-30-26(32-24)19-6-7-19/h8-13,16-19H,2-7,15H2,1H3,(H,28,29). The molecule has 2 heterocycles. The Labute approximate surface area is 193 Å². The van der Waals surface area contributed by atoms with Crippen LogP contribution in [0.5, 0.6) is 5.75 Å².